The van der Waals surface area contributed by atoms with Crippen molar-refractivity contribution in [1.82, 2.24) is 9.80 Å². The second-order valence-electron chi connectivity index (χ2n) is 10.1. The third kappa shape index (κ3) is 4.86. The molecule has 0 radical (unpaired) electrons. The smallest absolute Gasteiger partial charge is 0.242 e. The zero-order valence-corrected chi connectivity index (χ0v) is 21.0. The van der Waals surface area contributed by atoms with E-state index in [1.807, 2.05) is 97.9 Å². The number of rotatable bonds is 10. The first-order valence-electron chi connectivity index (χ1n) is 12.5. The molecule has 1 saturated carbocycles. The van der Waals surface area contributed by atoms with Gasteiger partial charge in [0, 0.05) is 31.2 Å². The highest BCUT2D eigenvalue weighted by molar-refractivity contribution is 6.07. The van der Waals surface area contributed by atoms with Crippen molar-refractivity contribution in [3.05, 3.63) is 96.1 Å². The van der Waals surface area contributed by atoms with Crippen LogP contribution in [0.1, 0.15) is 23.5 Å². The van der Waals surface area contributed by atoms with Gasteiger partial charge in [-0.2, -0.15) is 0 Å². The number of hydrogen-bond acceptors (Lipinski definition) is 4. The van der Waals surface area contributed by atoms with Gasteiger partial charge < -0.3 is 19.4 Å². The van der Waals surface area contributed by atoms with E-state index in [1.165, 1.54) is 0 Å². The van der Waals surface area contributed by atoms with Crippen molar-refractivity contribution in [2.75, 3.05) is 45.2 Å². The van der Waals surface area contributed by atoms with Crippen LogP contribution in [0.2, 0.25) is 0 Å². The molecular formula is C30H33N3O3. The lowest BCUT2D eigenvalue weighted by Gasteiger charge is -2.35. The Balaban J connectivity index is 1.37. The Labute approximate surface area is 213 Å². The zero-order valence-electron chi connectivity index (χ0n) is 21.0. The predicted octanol–water partition coefficient (Wildman–Crippen LogP) is 4.18. The minimum absolute atomic E-state index is 0.0113. The standard InChI is InChI=1S/C30H33N3O3/c1-31(2)17-18-32(20-23-11-5-3-6-12-23)28(34)21-33-27-16-10-9-15-25(27)26-19-30(26,29(33)35)22-36-24-13-7-4-8-14-24/h3-16,26H,17-22H2,1-2H3/t26-,30+/m0/s1. The lowest BCUT2D eigenvalue weighted by molar-refractivity contribution is -0.133. The van der Waals surface area contributed by atoms with Gasteiger partial charge in [-0.05, 0) is 49.8 Å². The van der Waals surface area contributed by atoms with E-state index in [1.54, 1.807) is 4.90 Å². The van der Waals surface area contributed by atoms with Crippen LogP contribution in [0.3, 0.4) is 0 Å². The van der Waals surface area contributed by atoms with Crippen LogP contribution in [0.25, 0.3) is 0 Å². The van der Waals surface area contributed by atoms with Gasteiger partial charge in [-0.3, -0.25) is 9.59 Å². The molecule has 36 heavy (non-hydrogen) atoms. The number of anilines is 1. The van der Waals surface area contributed by atoms with Crippen molar-refractivity contribution in [1.29, 1.82) is 0 Å². The van der Waals surface area contributed by atoms with Gasteiger partial charge in [-0.25, -0.2) is 0 Å². The van der Waals surface area contributed by atoms with Crippen LogP contribution < -0.4 is 9.64 Å². The van der Waals surface area contributed by atoms with Crippen LogP contribution in [0, 0.1) is 5.41 Å². The Hall–Kier alpha value is -3.64. The monoisotopic (exact) mass is 483 g/mol. The highest BCUT2D eigenvalue weighted by Gasteiger charge is 2.66. The number of hydrogen-bond donors (Lipinski definition) is 0. The van der Waals surface area contributed by atoms with E-state index in [9.17, 15) is 9.59 Å². The Bertz CT molecular complexity index is 1210. The molecular weight excluding hydrogens is 450 g/mol. The van der Waals surface area contributed by atoms with E-state index in [-0.39, 0.29) is 24.3 Å². The first-order chi connectivity index (χ1) is 17.5. The van der Waals surface area contributed by atoms with Crippen molar-refractivity contribution in [2.24, 2.45) is 5.41 Å². The van der Waals surface area contributed by atoms with Crippen molar-refractivity contribution in [2.45, 2.75) is 18.9 Å². The summed E-state index contributed by atoms with van der Waals surface area (Å²) in [6.45, 7) is 2.20. The van der Waals surface area contributed by atoms with Crippen LogP contribution in [-0.4, -0.2) is 62.0 Å². The quantitative estimate of drug-likeness (QED) is 0.434. The number of amides is 2. The molecule has 3 aromatic carbocycles. The van der Waals surface area contributed by atoms with E-state index in [0.717, 1.165) is 35.5 Å². The SMILES string of the molecule is CN(C)CCN(Cc1ccccc1)C(=O)CN1C(=O)[C@@]2(COc3ccccc3)C[C@H]2c2ccccc21. The normalized spacial score (nSPS) is 20.0. The number of fused-ring (bicyclic) bond motifs is 3. The maximum absolute atomic E-state index is 13.9. The van der Waals surface area contributed by atoms with Gasteiger partial charge in [-0.15, -0.1) is 0 Å². The molecule has 0 N–H and O–H groups in total. The van der Waals surface area contributed by atoms with Crippen LogP contribution in [-0.2, 0) is 16.1 Å². The number of nitrogens with zero attached hydrogens (tertiary/aromatic N) is 3. The summed E-state index contributed by atoms with van der Waals surface area (Å²) in [7, 11) is 4.00. The van der Waals surface area contributed by atoms with E-state index >= 15 is 0 Å². The van der Waals surface area contributed by atoms with Gasteiger partial charge in [0.15, 0.2) is 0 Å². The predicted molar refractivity (Wildman–Crippen MR) is 141 cm³/mol. The largest absolute Gasteiger partial charge is 0.492 e. The first-order valence-corrected chi connectivity index (χ1v) is 12.5. The summed E-state index contributed by atoms with van der Waals surface area (Å²) in [6.07, 6.45) is 0.745. The number of carbonyl (C=O) groups is 2. The number of carbonyl (C=O) groups excluding carboxylic acids is 2. The topological polar surface area (TPSA) is 53.1 Å². The maximum atomic E-state index is 13.9. The van der Waals surface area contributed by atoms with Gasteiger partial charge in [0.2, 0.25) is 11.8 Å². The molecule has 0 aromatic heterocycles. The molecule has 1 fully saturated rings. The molecule has 1 aliphatic heterocycles. The Morgan fingerprint density at radius 1 is 0.944 bits per heavy atom. The second-order valence-corrected chi connectivity index (χ2v) is 10.1. The fraction of sp³-hybridized carbons (Fsp3) is 0.333. The molecule has 1 aliphatic carbocycles. The van der Waals surface area contributed by atoms with Gasteiger partial charge in [0.1, 0.15) is 18.9 Å². The minimum atomic E-state index is -0.613. The van der Waals surface area contributed by atoms with E-state index in [2.05, 4.69) is 11.0 Å². The molecule has 1 heterocycles. The Morgan fingerprint density at radius 3 is 2.33 bits per heavy atom. The van der Waals surface area contributed by atoms with E-state index < -0.39 is 5.41 Å². The van der Waals surface area contributed by atoms with Crippen LogP contribution in [0.5, 0.6) is 5.75 Å². The number of benzene rings is 3. The average molecular weight is 484 g/mol. The summed E-state index contributed by atoms with van der Waals surface area (Å²) >= 11 is 0. The van der Waals surface area contributed by atoms with Crippen LogP contribution in [0.4, 0.5) is 5.69 Å². The second kappa shape index (κ2) is 10.2. The highest BCUT2D eigenvalue weighted by Crippen LogP contribution is 2.65. The lowest BCUT2D eigenvalue weighted by Crippen LogP contribution is -2.49. The minimum Gasteiger partial charge on any atom is -0.492 e. The Kier molecular flexibility index (Phi) is 6.79. The van der Waals surface area contributed by atoms with Crippen LogP contribution >= 0.6 is 0 Å². The number of likely N-dealkylation sites (N-methyl/N-ethyl adjacent to an activating group) is 1. The molecule has 6 nitrogen and oxygen atoms in total. The van der Waals surface area contributed by atoms with Crippen molar-refractivity contribution in [3.63, 3.8) is 0 Å². The summed E-state index contributed by atoms with van der Waals surface area (Å²) in [4.78, 5) is 33.2. The molecule has 6 heteroatoms. The summed E-state index contributed by atoms with van der Waals surface area (Å²) < 4.78 is 6.07. The molecule has 0 spiro atoms. The Morgan fingerprint density at radius 2 is 1.61 bits per heavy atom. The summed E-state index contributed by atoms with van der Waals surface area (Å²) in [5.41, 5.74) is 2.44. The number of para-hydroxylation sites is 2. The van der Waals surface area contributed by atoms with E-state index in [4.69, 9.17) is 4.74 Å². The maximum Gasteiger partial charge on any atom is 0.242 e. The average Bonchev–Trinajstić information content (AvgIpc) is 3.65. The van der Waals surface area contributed by atoms with E-state index in [0.29, 0.717) is 19.7 Å². The molecule has 2 aliphatic rings. The molecule has 0 saturated heterocycles. The molecule has 2 amide bonds. The van der Waals surface area contributed by atoms with Gasteiger partial charge >= 0.3 is 0 Å². The van der Waals surface area contributed by atoms with Gasteiger partial charge in [0.25, 0.3) is 0 Å². The van der Waals surface area contributed by atoms with Crippen LogP contribution in [0.15, 0.2) is 84.9 Å². The summed E-state index contributed by atoms with van der Waals surface area (Å²) in [6, 6.07) is 27.6. The first kappa shape index (κ1) is 24.1. The fourth-order valence-corrected chi connectivity index (χ4v) is 5.11. The van der Waals surface area contributed by atoms with Gasteiger partial charge in [0.05, 0.1) is 5.41 Å². The molecule has 5 rings (SSSR count). The molecule has 3 aromatic rings. The zero-order chi connectivity index (χ0) is 25.1. The molecule has 0 unspecified atom stereocenters. The van der Waals surface area contributed by atoms with Crippen molar-refractivity contribution in [3.8, 4) is 5.75 Å². The molecule has 2 atom stereocenters. The van der Waals surface area contributed by atoms with Crippen molar-refractivity contribution < 1.29 is 14.3 Å². The molecule has 0 bridgehead atoms. The fourth-order valence-electron chi connectivity index (χ4n) is 5.11. The third-order valence-electron chi connectivity index (χ3n) is 7.27. The lowest BCUT2D eigenvalue weighted by atomic mass is 9.92. The highest BCUT2D eigenvalue weighted by atomic mass is 16.5. The number of ether oxygens (including phenoxy) is 1. The molecule has 186 valence electrons. The summed E-state index contributed by atoms with van der Waals surface area (Å²) in [5, 5.41) is 0. The third-order valence-corrected chi connectivity index (χ3v) is 7.27. The van der Waals surface area contributed by atoms with Gasteiger partial charge in [-0.1, -0.05) is 66.7 Å². The van der Waals surface area contributed by atoms with Crippen molar-refractivity contribution >= 4 is 17.5 Å². The summed E-state index contributed by atoms with van der Waals surface area (Å²) in [5.74, 6) is 0.819.